The van der Waals surface area contributed by atoms with E-state index >= 15 is 0 Å². The van der Waals surface area contributed by atoms with Gasteiger partial charge in [-0.1, -0.05) is 126 Å². The molecule has 0 atom stereocenters. The first-order valence-corrected chi connectivity index (χ1v) is 18.7. The summed E-state index contributed by atoms with van der Waals surface area (Å²) in [6, 6.07) is 41.4. The van der Waals surface area contributed by atoms with Crippen LogP contribution < -0.4 is 25.7 Å². The summed E-state index contributed by atoms with van der Waals surface area (Å²) in [4.78, 5) is 4.56. The number of hydrogen-bond acceptors (Lipinski definition) is 2. The minimum absolute atomic E-state index is 0.446. The van der Waals surface area contributed by atoms with Gasteiger partial charge < -0.3 is 9.80 Å². The normalized spacial score (nSPS) is 11.9. The van der Waals surface area contributed by atoms with Gasteiger partial charge in [-0.15, -0.1) is 0 Å². The third-order valence-electron chi connectivity index (χ3n) is 7.64. The summed E-state index contributed by atoms with van der Waals surface area (Å²) in [6.07, 6.45) is 0. The van der Waals surface area contributed by atoms with Gasteiger partial charge in [0.05, 0.1) is 0 Å². The van der Waals surface area contributed by atoms with Crippen LogP contribution in [0.2, 0.25) is 0 Å². The summed E-state index contributed by atoms with van der Waals surface area (Å²) < 4.78 is 7.50. The van der Waals surface area contributed by atoms with E-state index in [1.165, 1.54) is 60.7 Å². The van der Waals surface area contributed by atoms with Crippen LogP contribution >= 0.6 is 17.6 Å². The van der Waals surface area contributed by atoms with Crippen molar-refractivity contribution >= 4 is 44.9 Å². The van der Waals surface area contributed by atoms with E-state index in [1.54, 1.807) is 0 Å². The molecule has 6 heteroatoms. The van der Waals surface area contributed by atoms with Crippen LogP contribution in [0.25, 0.3) is 0 Å². The Labute approximate surface area is 291 Å². The molecule has 0 aromatic heterocycles. The molecule has 5 aromatic carbocycles. The molecule has 0 unspecified atom stereocenters. The van der Waals surface area contributed by atoms with E-state index in [1.807, 2.05) is 17.3 Å². The zero-order chi connectivity index (χ0) is 33.6. The average molecular weight is 733 g/mol. The number of rotatable bonds is 5. The Kier molecular flexibility index (Phi) is 15.2. The van der Waals surface area contributed by atoms with Crippen LogP contribution in [0.15, 0.2) is 115 Å². The molecule has 237 valence electrons. The van der Waals surface area contributed by atoms with E-state index in [-0.39, 0.29) is 0 Å². The molecule has 1 aliphatic rings. The minimum Gasteiger partial charge on any atom is -0.0622 e. The Bertz CT molecular complexity index is 1480. The second-order valence-corrected chi connectivity index (χ2v) is 13.5. The van der Waals surface area contributed by atoms with Crippen LogP contribution in [-0.4, -0.2) is 13.1 Å². The third-order valence-corrected chi connectivity index (χ3v) is 10.1. The summed E-state index contributed by atoms with van der Waals surface area (Å²) >= 11 is 1.82. The van der Waals surface area contributed by atoms with Crippen molar-refractivity contribution in [3.63, 3.8) is 0 Å². The number of anilines is 2. The molecule has 0 spiro atoms. The number of halogens is 1. The van der Waals surface area contributed by atoms with Crippen molar-refractivity contribution < 1.29 is 22.0 Å². The largest absolute Gasteiger partial charge is 0.0622 e. The van der Waals surface area contributed by atoms with E-state index < -0.39 is 7.92 Å². The Morgan fingerprint density at radius 1 is 0.543 bits per heavy atom. The zero-order valence-corrected chi connectivity index (χ0v) is 30.8. The van der Waals surface area contributed by atoms with Crippen molar-refractivity contribution in [2.24, 2.45) is 0 Å². The van der Waals surface area contributed by atoms with Gasteiger partial charge in [0, 0.05) is 24.5 Å². The van der Waals surface area contributed by atoms with E-state index in [4.69, 9.17) is 4.65 Å². The van der Waals surface area contributed by atoms with Crippen LogP contribution in [-0.2, 0) is 22.0 Å². The maximum atomic E-state index is 7.50. The first-order valence-electron chi connectivity index (χ1n) is 15.1. The molecular formula is C40H41ClN2OPRu. The molecule has 1 fully saturated rings. The number of hydrogen-bond donors (Lipinski definition) is 0. The first-order chi connectivity index (χ1) is 22.3. The zero-order valence-electron chi connectivity index (χ0n) is 27.4. The molecule has 0 N–H and O–H groups in total. The summed E-state index contributed by atoms with van der Waals surface area (Å²) in [5, 5.41) is 4.19. The van der Waals surface area contributed by atoms with Crippen LogP contribution in [0.3, 0.4) is 0 Å². The maximum absolute atomic E-state index is 7.50. The van der Waals surface area contributed by atoms with Crippen molar-refractivity contribution in [2.45, 2.75) is 41.5 Å². The molecule has 46 heavy (non-hydrogen) atoms. The molecule has 0 bridgehead atoms. The molecule has 6 rings (SSSR count). The van der Waals surface area contributed by atoms with Gasteiger partial charge >= 0.3 is 38.3 Å². The summed E-state index contributed by atoms with van der Waals surface area (Å²) in [6.45, 7) is 23.2. The number of aryl methyl sites for hydroxylation is 6. The molecule has 1 saturated heterocycles. The molecule has 0 aliphatic carbocycles. The maximum Gasteiger partial charge on any atom is -0.0134 e. The smallest absolute Gasteiger partial charge is 0.0134 e. The second kappa shape index (κ2) is 18.8. The monoisotopic (exact) mass is 733 g/mol. The van der Waals surface area contributed by atoms with E-state index in [2.05, 4.69) is 190 Å². The van der Waals surface area contributed by atoms with Crippen LogP contribution in [0, 0.1) is 54.9 Å². The molecule has 1 heterocycles. The molecule has 3 nitrogen and oxygen atoms in total. The molecule has 2 radical (unpaired) electrons. The third kappa shape index (κ3) is 9.65. The summed E-state index contributed by atoms with van der Waals surface area (Å²) in [7, 11) is 4.12. The van der Waals surface area contributed by atoms with Crippen LogP contribution in [0.5, 0.6) is 0 Å². The quantitative estimate of drug-likeness (QED) is 0.0781. The van der Waals surface area contributed by atoms with Crippen molar-refractivity contribution in [2.75, 3.05) is 22.9 Å². The predicted octanol–water partition coefficient (Wildman–Crippen LogP) is 8.95. The molecule has 5 aromatic rings. The first kappa shape index (κ1) is 37.2. The molecule has 1 aliphatic heterocycles. The van der Waals surface area contributed by atoms with Crippen molar-refractivity contribution in [1.29, 1.82) is 0 Å². The van der Waals surface area contributed by atoms with Gasteiger partial charge in [0.1, 0.15) is 0 Å². The van der Waals surface area contributed by atoms with E-state index in [9.17, 15) is 0 Å². The van der Waals surface area contributed by atoms with Gasteiger partial charge in [-0.3, -0.25) is 0 Å². The SMILES string of the molecule is Cc1cc(C)c(N2[C]N(c3c(C)cc(C)cc3C)CC2)c(C)c1.[C-]#[O+].[Cl][Ru].c1ccc(P(c2ccccc2)c2ccccc2)cc1. The Morgan fingerprint density at radius 3 is 1.07 bits per heavy atom. The van der Waals surface area contributed by atoms with Gasteiger partial charge in [-0.05, 0) is 87.6 Å². The van der Waals surface area contributed by atoms with Gasteiger partial charge in [-0.2, -0.15) is 0 Å². The van der Waals surface area contributed by atoms with Gasteiger partial charge in [-0.25, -0.2) is 0 Å². The van der Waals surface area contributed by atoms with Gasteiger partial charge in [0.15, 0.2) is 0 Å². The standard InChI is InChI=1S/C21H26N2.C18H15P.CO.ClH.Ru/c1-14-9-16(3)20(17(4)10-14)22-7-8-23(13-22)21-18(5)11-15(2)12-19(21)6;1-4-10-16(11-5-1)19(17-12-6-2-7-13-17)18-14-8-3-9-15-18;1-2;;/h9-12H,7-8H2,1-6H3;1-15H;;1H;/q;;;;+1/p-1. The fourth-order valence-electron chi connectivity index (χ4n) is 6.14. The summed E-state index contributed by atoms with van der Waals surface area (Å²) in [5.41, 5.74) is 10.6. The summed E-state index contributed by atoms with van der Waals surface area (Å²) in [5.74, 6) is 0. The Hall–Kier alpha value is -3.22. The second-order valence-electron chi connectivity index (χ2n) is 11.2. The van der Waals surface area contributed by atoms with Crippen LogP contribution in [0.1, 0.15) is 33.4 Å². The average Bonchev–Trinajstić information content (AvgIpc) is 3.53. The van der Waals surface area contributed by atoms with E-state index in [0.29, 0.717) is 0 Å². The predicted molar refractivity (Wildman–Crippen MR) is 194 cm³/mol. The van der Waals surface area contributed by atoms with Gasteiger partial charge in [0.2, 0.25) is 6.67 Å². The van der Waals surface area contributed by atoms with Crippen molar-refractivity contribution in [1.82, 2.24) is 0 Å². The molecular weight excluding hydrogens is 692 g/mol. The topological polar surface area (TPSA) is 26.4 Å². The van der Waals surface area contributed by atoms with Crippen molar-refractivity contribution in [3.05, 3.63) is 162 Å². The number of benzene rings is 5. The molecule has 0 saturated carbocycles. The minimum atomic E-state index is -0.446. The van der Waals surface area contributed by atoms with Crippen molar-refractivity contribution in [3.8, 4) is 0 Å². The number of nitrogens with zero attached hydrogens (tertiary/aromatic N) is 2. The van der Waals surface area contributed by atoms with E-state index in [0.717, 1.165) is 13.1 Å². The van der Waals surface area contributed by atoms with Gasteiger partial charge in [0.25, 0.3) is 0 Å². The Morgan fingerprint density at radius 2 is 0.804 bits per heavy atom. The fourth-order valence-corrected chi connectivity index (χ4v) is 8.45. The fraction of sp³-hybridized carbons (Fsp3) is 0.200. The van der Waals surface area contributed by atoms with Crippen LogP contribution in [0.4, 0.5) is 11.4 Å². The Balaban J connectivity index is 0.000000229. The molecule has 0 amide bonds.